The predicted molar refractivity (Wildman–Crippen MR) is 216 cm³/mol. The van der Waals surface area contributed by atoms with E-state index in [1.165, 1.54) is 54.4 Å². The summed E-state index contributed by atoms with van der Waals surface area (Å²) in [5.41, 5.74) is 11.9. The standard InChI is InChI=1S/C48H30N4/c1-3-14-31(15-4-1)41-30-42(32-16-5-2-6-17-32)50-48(49-41)33-18-13-19-34(28-33)51-43-24-11-10-23-38(43)39-26-27-45-40(47(39)51)29-46-37-22-8-7-20-35(37)36-21-9-12-25-44(36)52(45)46/h1-30H. The third-order valence-electron chi connectivity index (χ3n) is 10.5. The summed E-state index contributed by atoms with van der Waals surface area (Å²) in [6.45, 7) is 0. The van der Waals surface area contributed by atoms with E-state index in [9.17, 15) is 0 Å². The van der Waals surface area contributed by atoms with Crippen molar-refractivity contribution in [3.8, 4) is 39.6 Å². The number of rotatable bonds is 4. The molecule has 0 saturated heterocycles. The summed E-state index contributed by atoms with van der Waals surface area (Å²) in [5.74, 6) is 0.695. The molecule has 0 bridgehead atoms. The number of pyridine rings is 1. The Balaban J connectivity index is 1.20. The smallest absolute Gasteiger partial charge is 0.160 e. The zero-order valence-electron chi connectivity index (χ0n) is 28.1. The molecule has 0 unspecified atom stereocenters. The minimum absolute atomic E-state index is 0.695. The molecule has 0 amide bonds. The van der Waals surface area contributed by atoms with Crippen LogP contribution in [0.3, 0.4) is 0 Å². The van der Waals surface area contributed by atoms with Crippen LogP contribution in [0, 0.1) is 0 Å². The highest BCUT2D eigenvalue weighted by atomic mass is 15.0. The lowest BCUT2D eigenvalue weighted by Gasteiger charge is -2.12. The summed E-state index contributed by atoms with van der Waals surface area (Å²) >= 11 is 0. The maximum atomic E-state index is 5.16. The summed E-state index contributed by atoms with van der Waals surface area (Å²) in [6, 6.07) is 64.8. The van der Waals surface area contributed by atoms with Gasteiger partial charge in [-0.3, -0.25) is 0 Å². The Labute approximate surface area is 299 Å². The Morgan fingerprint density at radius 2 is 0.865 bits per heavy atom. The van der Waals surface area contributed by atoms with Crippen LogP contribution in [0.1, 0.15) is 0 Å². The molecule has 11 aromatic rings. The van der Waals surface area contributed by atoms with Crippen LogP contribution in [0.2, 0.25) is 0 Å². The van der Waals surface area contributed by atoms with Crippen molar-refractivity contribution in [1.82, 2.24) is 18.9 Å². The van der Waals surface area contributed by atoms with Gasteiger partial charge in [0.05, 0.1) is 39.0 Å². The molecule has 7 aromatic carbocycles. The van der Waals surface area contributed by atoms with Gasteiger partial charge in [0.25, 0.3) is 0 Å². The average molecular weight is 663 g/mol. The first-order valence-electron chi connectivity index (χ1n) is 17.7. The van der Waals surface area contributed by atoms with E-state index in [0.29, 0.717) is 5.82 Å². The molecule has 4 nitrogen and oxygen atoms in total. The van der Waals surface area contributed by atoms with Gasteiger partial charge in [0.2, 0.25) is 0 Å². The number of aromatic nitrogens is 4. The van der Waals surface area contributed by atoms with Crippen LogP contribution in [0.25, 0.3) is 99.5 Å². The van der Waals surface area contributed by atoms with Crippen molar-refractivity contribution in [2.45, 2.75) is 0 Å². The lowest BCUT2D eigenvalue weighted by Crippen LogP contribution is -1.98. The van der Waals surface area contributed by atoms with Crippen molar-refractivity contribution >= 4 is 59.9 Å². The van der Waals surface area contributed by atoms with E-state index in [1.807, 2.05) is 12.1 Å². The SMILES string of the molecule is c1ccc(-c2cc(-c3ccccc3)nc(-c3cccc(-n4c5ccccc5c5ccc6c(cc7c8ccccc8c8ccccc8n76)c54)c3)n2)cc1. The number of fused-ring (bicyclic) bond motifs is 12. The van der Waals surface area contributed by atoms with Crippen molar-refractivity contribution < 1.29 is 0 Å². The molecule has 0 aliphatic heterocycles. The summed E-state index contributed by atoms with van der Waals surface area (Å²) in [7, 11) is 0. The molecule has 242 valence electrons. The van der Waals surface area contributed by atoms with Gasteiger partial charge in [0.1, 0.15) is 0 Å². The van der Waals surface area contributed by atoms with E-state index in [2.05, 4.69) is 179 Å². The normalized spacial score (nSPS) is 11.8. The highest BCUT2D eigenvalue weighted by Crippen LogP contribution is 2.41. The molecule has 4 heterocycles. The van der Waals surface area contributed by atoms with Crippen molar-refractivity contribution in [3.05, 3.63) is 182 Å². The van der Waals surface area contributed by atoms with Crippen LogP contribution in [-0.4, -0.2) is 18.9 Å². The van der Waals surface area contributed by atoms with Gasteiger partial charge in [0, 0.05) is 49.3 Å². The number of hydrogen-bond acceptors (Lipinski definition) is 2. The topological polar surface area (TPSA) is 35.1 Å². The predicted octanol–water partition coefficient (Wildman–Crippen LogP) is 12.3. The Bertz CT molecular complexity index is 3110. The van der Waals surface area contributed by atoms with Crippen molar-refractivity contribution in [2.75, 3.05) is 0 Å². The molecule has 11 rings (SSSR count). The molecule has 0 saturated carbocycles. The minimum atomic E-state index is 0.695. The molecular weight excluding hydrogens is 633 g/mol. The second-order valence-corrected chi connectivity index (χ2v) is 13.4. The molecule has 0 N–H and O–H groups in total. The highest BCUT2D eigenvalue weighted by Gasteiger charge is 2.20. The Morgan fingerprint density at radius 3 is 1.56 bits per heavy atom. The first-order valence-corrected chi connectivity index (χ1v) is 17.7. The molecule has 4 heteroatoms. The highest BCUT2D eigenvalue weighted by molar-refractivity contribution is 6.22. The molecule has 0 aliphatic carbocycles. The first kappa shape index (κ1) is 28.8. The summed E-state index contributed by atoms with van der Waals surface area (Å²) in [5, 5.41) is 7.44. The lowest BCUT2D eigenvalue weighted by atomic mass is 10.1. The van der Waals surface area contributed by atoms with Gasteiger partial charge in [-0.15, -0.1) is 0 Å². The monoisotopic (exact) mass is 662 g/mol. The molecule has 0 spiro atoms. The third-order valence-corrected chi connectivity index (χ3v) is 10.5. The average Bonchev–Trinajstić information content (AvgIpc) is 3.79. The molecular formula is C48H30N4. The van der Waals surface area contributed by atoms with Gasteiger partial charge in [0.15, 0.2) is 5.82 Å². The maximum Gasteiger partial charge on any atom is 0.160 e. The van der Waals surface area contributed by atoms with Gasteiger partial charge in [-0.05, 0) is 47.9 Å². The number of para-hydroxylation sites is 2. The fourth-order valence-electron chi connectivity index (χ4n) is 8.18. The van der Waals surface area contributed by atoms with E-state index in [1.54, 1.807) is 0 Å². The summed E-state index contributed by atoms with van der Waals surface area (Å²) in [6.07, 6.45) is 0. The summed E-state index contributed by atoms with van der Waals surface area (Å²) in [4.78, 5) is 10.3. The molecule has 0 radical (unpaired) electrons. The van der Waals surface area contributed by atoms with E-state index in [0.717, 1.165) is 39.3 Å². The third kappa shape index (κ3) is 4.28. The maximum absolute atomic E-state index is 5.16. The van der Waals surface area contributed by atoms with Gasteiger partial charge < -0.3 is 8.97 Å². The lowest BCUT2D eigenvalue weighted by molar-refractivity contribution is 1.16. The molecule has 52 heavy (non-hydrogen) atoms. The fraction of sp³-hybridized carbons (Fsp3) is 0. The zero-order valence-corrected chi connectivity index (χ0v) is 28.1. The van der Waals surface area contributed by atoms with E-state index in [-0.39, 0.29) is 0 Å². The molecule has 0 aliphatic rings. The second kappa shape index (κ2) is 11.2. The summed E-state index contributed by atoms with van der Waals surface area (Å²) < 4.78 is 4.87. The molecule has 0 atom stereocenters. The number of benzene rings is 7. The fourth-order valence-corrected chi connectivity index (χ4v) is 8.18. The van der Waals surface area contributed by atoms with Crippen molar-refractivity contribution in [1.29, 1.82) is 0 Å². The van der Waals surface area contributed by atoms with Crippen LogP contribution in [0.4, 0.5) is 0 Å². The second-order valence-electron chi connectivity index (χ2n) is 13.4. The van der Waals surface area contributed by atoms with Gasteiger partial charge >= 0.3 is 0 Å². The first-order chi connectivity index (χ1) is 25.8. The Kier molecular flexibility index (Phi) is 6.22. The zero-order chi connectivity index (χ0) is 34.2. The van der Waals surface area contributed by atoms with Gasteiger partial charge in [-0.2, -0.15) is 0 Å². The Hall–Kier alpha value is -7.04. The molecule has 0 fully saturated rings. The minimum Gasteiger partial charge on any atom is -0.309 e. The van der Waals surface area contributed by atoms with Crippen LogP contribution < -0.4 is 0 Å². The number of nitrogens with zero attached hydrogens (tertiary/aromatic N) is 4. The van der Waals surface area contributed by atoms with Crippen LogP contribution >= 0.6 is 0 Å². The largest absolute Gasteiger partial charge is 0.309 e. The van der Waals surface area contributed by atoms with Crippen LogP contribution in [0.15, 0.2) is 182 Å². The van der Waals surface area contributed by atoms with Crippen LogP contribution in [-0.2, 0) is 0 Å². The van der Waals surface area contributed by atoms with Crippen LogP contribution in [0.5, 0.6) is 0 Å². The van der Waals surface area contributed by atoms with E-state index < -0.39 is 0 Å². The van der Waals surface area contributed by atoms with Gasteiger partial charge in [-0.1, -0.05) is 140 Å². The quantitative estimate of drug-likeness (QED) is 0.176. The van der Waals surface area contributed by atoms with E-state index >= 15 is 0 Å². The van der Waals surface area contributed by atoms with Crippen molar-refractivity contribution in [2.24, 2.45) is 0 Å². The van der Waals surface area contributed by atoms with E-state index in [4.69, 9.17) is 9.97 Å². The number of hydrogen-bond donors (Lipinski definition) is 0. The Morgan fingerprint density at radius 1 is 0.327 bits per heavy atom. The van der Waals surface area contributed by atoms with Crippen molar-refractivity contribution in [3.63, 3.8) is 0 Å². The molecule has 4 aromatic heterocycles. The van der Waals surface area contributed by atoms with Gasteiger partial charge in [-0.25, -0.2) is 9.97 Å².